The summed E-state index contributed by atoms with van der Waals surface area (Å²) in [5.74, 6) is -0.764. The zero-order chi connectivity index (χ0) is 5.70. The van der Waals surface area contributed by atoms with Crippen LogP contribution in [0.4, 0.5) is 0 Å². The predicted molar refractivity (Wildman–Crippen MR) is 35.0 cm³/mol. The second-order valence-corrected chi connectivity index (χ2v) is 1.22. The summed E-state index contributed by atoms with van der Waals surface area (Å²) in [5, 5.41) is 8.00. The molecule has 0 spiro atoms. The van der Waals surface area contributed by atoms with E-state index in [1.165, 1.54) is 0 Å². The van der Waals surface area contributed by atoms with E-state index in [1.54, 1.807) is 6.08 Å². The van der Waals surface area contributed by atoms with Crippen LogP contribution >= 0.6 is 0 Å². The monoisotopic (exact) mass is 126 g/mol. The Labute approximate surface area is 67.7 Å². The number of carboxylic acids is 1. The summed E-state index contributed by atoms with van der Waals surface area (Å²) in [6.07, 6.45) is 2.35. The first kappa shape index (κ1) is 10.9. The van der Waals surface area contributed by atoms with Crippen LogP contribution in [0.3, 0.4) is 0 Å². The molecular weight excluding hydrogens is 116 g/mol. The Kier molecular flexibility index (Phi) is 9.48. The fourth-order valence-electron chi connectivity index (χ4n) is 0.226. The summed E-state index contributed by atoms with van der Waals surface area (Å²) < 4.78 is 0. The van der Waals surface area contributed by atoms with Gasteiger partial charge in [-0.3, -0.25) is 4.79 Å². The van der Waals surface area contributed by atoms with E-state index in [2.05, 4.69) is 6.58 Å². The number of aliphatic carboxylic acids is 1. The molecule has 2 nitrogen and oxygen atoms in total. The van der Waals surface area contributed by atoms with Crippen molar-refractivity contribution in [1.29, 1.82) is 0 Å². The van der Waals surface area contributed by atoms with Crippen LogP contribution < -0.4 is 0 Å². The first-order chi connectivity index (χ1) is 3.27. The van der Waals surface area contributed by atoms with Crippen molar-refractivity contribution >= 4 is 29.0 Å². The second kappa shape index (κ2) is 6.98. The van der Waals surface area contributed by atoms with Gasteiger partial charge in [0.1, 0.15) is 0 Å². The van der Waals surface area contributed by atoms with Crippen LogP contribution in [0.1, 0.15) is 15.7 Å². The van der Waals surface area contributed by atoms with E-state index in [9.17, 15) is 4.79 Å². The van der Waals surface area contributed by atoms with Gasteiger partial charge in [0.2, 0.25) is 0 Å². The molecule has 0 amide bonds. The average molecular weight is 126 g/mol. The molecule has 0 aliphatic carbocycles. The third-order valence-electron chi connectivity index (χ3n) is 0.562. The van der Waals surface area contributed by atoms with Crippen molar-refractivity contribution in [3.63, 3.8) is 0 Å². The zero-order valence-corrected chi connectivity index (χ0v) is 6.18. The molecule has 8 heavy (non-hydrogen) atoms. The van der Waals surface area contributed by atoms with Gasteiger partial charge in [-0.15, -0.1) is 6.58 Å². The van der Waals surface area contributed by atoms with Gasteiger partial charge in [0, 0.05) is 6.42 Å². The van der Waals surface area contributed by atoms with Crippen LogP contribution in [0.15, 0.2) is 12.7 Å². The number of allylic oxidation sites excluding steroid dienone is 1. The average Bonchev–Trinajstić information content (AvgIpc) is 1.61. The molecule has 0 saturated heterocycles. The summed E-state index contributed by atoms with van der Waals surface area (Å²) in [5.41, 5.74) is 0. The van der Waals surface area contributed by atoms with Crippen LogP contribution in [0.2, 0.25) is 0 Å². The Morgan fingerprint density at radius 2 is 2.38 bits per heavy atom. The van der Waals surface area contributed by atoms with Crippen LogP contribution in [-0.4, -0.2) is 34.1 Å². The standard InChI is InChI=1S/C5H8O2.Mg.2H/c1-2-3-4-5(6)7;;;/h2H,1,3-4H2,(H,6,7);;;/q;+2;2*-1. The Hall–Kier alpha value is -0.0238. The fraction of sp³-hybridized carbons (Fsp3) is 0.400. The number of carboxylic acid groups (broad SMARTS) is 1. The molecule has 44 valence electrons. The molecule has 1 N–H and O–H groups in total. The number of carbonyl (C=O) groups is 1. The van der Waals surface area contributed by atoms with E-state index in [4.69, 9.17) is 5.11 Å². The molecule has 0 aromatic carbocycles. The second-order valence-electron chi connectivity index (χ2n) is 1.22. The van der Waals surface area contributed by atoms with Crippen molar-refractivity contribution in [3.05, 3.63) is 12.7 Å². The van der Waals surface area contributed by atoms with E-state index < -0.39 is 5.97 Å². The summed E-state index contributed by atoms with van der Waals surface area (Å²) >= 11 is 0. The van der Waals surface area contributed by atoms with Crippen LogP contribution in [0.25, 0.3) is 0 Å². The topological polar surface area (TPSA) is 37.3 Å². The number of rotatable bonds is 3. The molecule has 0 unspecified atom stereocenters. The molecule has 0 aromatic rings. The van der Waals surface area contributed by atoms with Crippen LogP contribution in [-0.2, 0) is 4.79 Å². The minimum absolute atomic E-state index is 0. The van der Waals surface area contributed by atoms with Gasteiger partial charge in [-0.2, -0.15) is 0 Å². The van der Waals surface area contributed by atoms with Gasteiger partial charge in [0.15, 0.2) is 0 Å². The Morgan fingerprint density at radius 3 is 2.50 bits per heavy atom. The molecular formula is C5H10MgO2. The normalized spacial score (nSPS) is 7.00. The molecule has 0 rings (SSSR count). The maximum absolute atomic E-state index is 9.71. The maximum Gasteiger partial charge on any atom is 2.00 e. The fourth-order valence-corrected chi connectivity index (χ4v) is 0.226. The Balaban J connectivity index is -0.0000000600. The van der Waals surface area contributed by atoms with E-state index >= 15 is 0 Å². The SMILES string of the molecule is C=CCCC(=O)O.[H-].[H-].[Mg+2]. The molecule has 0 aliphatic heterocycles. The zero-order valence-electron chi connectivity index (χ0n) is 6.76. The molecule has 0 radical (unpaired) electrons. The molecule has 0 atom stereocenters. The smallest absolute Gasteiger partial charge is 1.00 e. The first-order valence-electron chi connectivity index (χ1n) is 2.10. The molecule has 0 bridgehead atoms. The van der Waals surface area contributed by atoms with Crippen LogP contribution in [0.5, 0.6) is 0 Å². The van der Waals surface area contributed by atoms with Crippen molar-refractivity contribution in [1.82, 2.24) is 0 Å². The Morgan fingerprint density at radius 1 is 1.88 bits per heavy atom. The minimum Gasteiger partial charge on any atom is -1.00 e. The predicted octanol–water partition coefficient (Wildman–Crippen LogP) is 0.881. The molecule has 0 fully saturated rings. The summed E-state index contributed by atoms with van der Waals surface area (Å²) in [7, 11) is 0. The molecule has 0 heterocycles. The number of hydrogen-bond acceptors (Lipinski definition) is 1. The quantitative estimate of drug-likeness (QED) is 0.450. The summed E-state index contributed by atoms with van der Waals surface area (Å²) in [6.45, 7) is 3.37. The van der Waals surface area contributed by atoms with Crippen molar-refractivity contribution < 1.29 is 12.8 Å². The minimum atomic E-state index is -0.764. The van der Waals surface area contributed by atoms with E-state index in [0.717, 1.165) is 0 Å². The van der Waals surface area contributed by atoms with Gasteiger partial charge in [0.25, 0.3) is 0 Å². The van der Waals surface area contributed by atoms with E-state index in [1.807, 2.05) is 0 Å². The molecule has 3 heteroatoms. The van der Waals surface area contributed by atoms with Crippen molar-refractivity contribution in [3.8, 4) is 0 Å². The first-order valence-corrected chi connectivity index (χ1v) is 2.10. The van der Waals surface area contributed by atoms with E-state index in [-0.39, 0.29) is 32.3 Å². The Bertz CT molecular complexity index is 87.7. The van der Waals surface area contributed by atoms with Gasteiger partial charge < -0.3 is 7.96 Å². The summed E-state index contributed by atoms with van der Waals surface area (Å²) in [6, 6.07) is 0. The van der Waals surface area contributed by atoms with Gasteiger partial charge in [-0.25, -0.2) is 0 Å². The van der Waals surface area contributed by atoms with Gasteiger partial charge in [-0.05, 0) is 6.42 Å². The van der Waals surface area contributed by atoms with Crippen molar-refractivity contribution in [2.75, 3.05) is 0 Å². The van der Waals surface area contributed by atoms with Crippen molar-refractivity contribution in [2.24, 2.45) is 0 Å². The van der Waals surface area contributed by atoms with Crippen molar-refractivity contribution in [2.45, 2.75) is 12.8 Å². The van der Waals surface area contributed by atoms with E-state index in [0.29, 0.717) is 6.42 Å². The van der Waals surface area contributed by atoms with Gasteiger partial charge in [0.05, 0.1) is 0 Å². The molecule has 0 aliphatic rings. The molecule has 0 saturated carbocycles. The van der Waals surface area contributed by atoms with Crippen LogP contribution in [0, 0.1) is 0 Å². The maximum atomic E-state index is 9.71. The third-order valence-corrected chi connectivity index (χ3v) is 0.562. The molecule has 0 aromatic heterocycles. The summed E-state index contributed by atoms with van der Waals surface area (Å²) in [4.78, 5) is 9.71. The largest absolute Gasteiger partial charge is 2.00 e. The van der Waals surface area contributed by atoms with Gasteiger partial charge in [-0.1, -0.05) is 6.08 Å². The van der Waals surface area contributed by atoms with Gasteiger partial charge >= 0.3 is 29.0 Å². The number of hydrogen-bond donors (Lipinski definition) is 1. The third kappa shape index (κ3) is 9.36.